The molecule has 0 aliphatic carbocycles. The molecule has 74 valence electrons. The van der Waals surface area contributed by atoms with Gasteiger partial charge in [0.25, 0.3) is 0 Å². The van der Waals surface area contributed by atoms with Gasteiger partial charge in [-0.3, -0.25) is 9.59 Å². The molecule has 1 N–H and O–H groups in total. The first kappa shape index (κ1) is 10.4. The van der Waals surface area contributed by atoms with Crippen LogP contribution in [0.3, 0.4) is 0 Å². The highest BCUT2D eigenvalue weighted by Gasteiger charge is 2.29. The molecule has 0 aromatic heterocycles. The summed E-state index contributed by atoms with van der Waals surface area (Å²) < 4.78 is 4.79. The Morgan fingerprint density at radius 3 is 3.23 bits per heavy atom. The van der Waals surface area contributed by atoms with Crippen molar-refractivity contribution in [2.24, 2.45) is 0 Å². The van der Waals surface area contributed by atoms with Gasteiger partial charge in [-0.15, -0.1) is 11.8 Å². The first-order chi connectivity index (χ1) is 6.25. The number of amides is 1. The number of rotatable bonds is 2. The molecule has 1 amide bonds. The van der Waals surface area contributed by atoms with Crippen LogP contribution in [0.5, 0.6) is 0 Å². The quantitative estimate of drug-likeness (QED) is 0.513. The van der Waals surface area contributed by atoms with Crippen LogP contribution in [-0.4, -0.2) is 36.0 Å². The van der Waals surface area contributed by atoms with E-state index >= 15 is 0 Å². The lowest BCUT2D eigenvalue weighted by atomic mass is 10.4. The molecule has 1 heterocycles. The molecule has 1 unspecified atom stereocenters. The molecular weight excluding hydrogens is 190 g/mol. The molecule has 1 aliphatic rings. The van der Waals surface area contributed by atoms with E-state index in [0.29, 0.717) is 13.2 Å². The molecule has 0 aromatic carbocycles. The minimum absolute atomic E-state index is 0.221. The Kier molecular flexibility index (Phi) is 4.08. The van der Waals surface area contributed by atoms with Crippen molar-refractivity contribution in [3.8, 4) is 0 Å². The number of ether oxygens (including phenoxy) is 1. The van der Waals surface area contributed by atoms with Gasteiger partial charge in [-0.25, -0.2) is 0 Å². The van der Waals surface area contributed by atoms with Gasteiger partial charge in [-0.2, -0.15) is 0 Å². The number of carbonyl (C=O) groups excluding carboxylic acids is 2. The summed E-state index contributed by atoms with van der Waals surface area (Å²) in [5, 5.41) is 2.01. The molecule has 1 fully saturated rings. The maximum atomic E-state index is 11.3. The van der Waals surface area contributed by atoms with E-state index in [-0.39, 0.29) is 5.91 Å². The minimum Gasteiger partial charge on any atom is -0.465 e. The number of hydrogen-bond acceptors (Lipinski definition) is 4. The van der Waals surface area contributed by atoms with Crippen LogP contribution in [0.25, 0.3) is 0 Å². The number of esters is 1. The highest BCUT2D eigenvalue weighted by molar-refractivity contribution is 8.01. The zero-order chi connectivity index (χ0) is 9.68. The Labute approximate surface area is 81.4 Å². The summed E-state index contributed by atoms with van der Waals surface area (Å²) in [5.41, 5.74) is 0. The van der Waals surface area contributed by atoms with Crippen molar-refractivity contribution in [1.29, 1.82) is 0 Å². The SMILES string of the molecule is CCOC(=O)C1SCCCNC1=O. The maximum absolute atomic E-state index is 11.3. The van der Waals surface area contributed by atoms with Crippen LogP contribution < -0.4 is 5.32 Å². The topological polar surface area (TPSA) is 55.4 Å². The fraction of sp³-hybridized carbons (Fsp3) is 0.750. The van der Waals surface area contributed by atoms with E-state index in [4.69, 9.17) is 4.74 Å². The monoisotopic (exact) mass is 203 g/mol. The van der Waals surface area contributed by atoms with E-state index in [2.05, 4.69) is 5.32 Å². The summed E-state index contributed by atoms with van der Waals surface area (Å²) in [6.07, 6.45) is 0.909. The van der Waals surface area contributed by atoms with E-state index in [1.54, 1.807) is 6.92 Å². The molecule has 0 saturated carbocycles. The summed E-state index contributed by atoms with van der Waals surface area (Å²) >= 11 is 1.35. The standard InChI is InChI=1S/C8H13NO3S/c1-2-12-8(11)6-7(10)9-4-3-5-13-6/h6H,2-5H2,1H3,(H,9,10). The van der Waals surface area contributed by atoms with Gasteiger partial charge in [-0.1, -0.05) is 0 Å². The van der Waals surface area contributed by atoms with Crippen LogP contribution in [-0.2, 0) is 14.3 Å². The lowest BCUT2D eigenvalue weighted by Crippen LogP contribution is -2.37. The minimum atomic E-state index is -0.664. The van der Waals surface area contributed by atoms with Gasteiger partial charge in [0.15, 0.2) is 5.25 Å². The fourth-order valence-electron chi connectivity index (χ4n) is 1.05. The normalized spacial score (nSPS) is 23.2. The first-order valence-electron chi connectivity index (χ1n) is 4.31. The lowest BCUT2D eigenvalue weighted by Gasteiger charge is -2.10. The van der Waals surface area contributed by atoms with Crippen LogP contribution in [0, 0.1) is 0 Å². The highest BCUT2D eigenvalue weighted by Crippen LogP contribution is 2.16. The fourth-order valence-corrected chi connectivity index (χ4v) is 2.03. The molecule has 0 bridgehead atoms. The number of nitrogens with one attached hydrogen (secondary N) is 1. The van der Waals surface area contributed by atoms with Crippen molar-refractivity contribution in [3.05, 3.63) is 0 Å². The van der Waals surface area contributed by atoms with E-state index < -0.39 is 11.2 Å². The lowest BCUT2D eigenvalue weighted by molar-refractivity contribution is -0.145. The van der Waals surface area contributed by atoms with Gasteiger partial charge in [0.2, 0.25) is 5.91 Å². The summed E-state index contributed by atoms with van der Waals surface area (Å²) in [6.45, 7) is 2.71. The molecule has 1 saturated heterocycles. The zero-order valence-corrected chi connectivity index (χ0v) is 8.36. The Balaban J connectivity index is 2.53. The van der Waals surface area contributed by atoms with Crippen molar-refractivity contribution in [1.82, 2.24) is 5.32 Å². The average Bonchev–Trinajstić information content (AvgIpc) is 2.30. The summed E-state index contributed by atoms with van der Waals surface area (Å²) in [5.74, 6) is 0.176. The van der Waals surface area contributed by atoms with E-state index in [0.717, 1.165) is 12.2 Å². The molecule has 5 heteroatoms. The number of thioether (sulfide) groups is 1. The maximum Gasteiger partial charge on any atom is 0.328 e. The van der Waals surface area contributed by atoms with Gasteiger partial charge in [0.05, 0.1) is 6.61 Å². The van der Waals surface area contributed by atoms with Crippen molar-refractivity contribution < 1.29 is 14.3 Å². The first-order valence-corrected chi connectivity index (χ1v) is 5.36. The van der Waals surface area contributed by atoms with Gasteiger partial charge in [0.1, 0.15) is 0 Å². The summed E-state index contributed by atoms with van der Waals surface area (Å²) in [4.78, 5) is 22.6. The third kappa shape index (κ3) is 2.91. The van der Waals surface area contributed by atoms with Crippen molar-refractivity contribution in [3.63, 3.8) is 0 Å². The van der Waals surface area contributed by atoms with Crippen LogP contribution in [0.4, 0.5) is 0 Å². The smallest absolute Gasteiger partial charge is 0.328 e. The van der Waals surface area contributed by atoms with E-state index in [1.807, 2.05) is 0 Å². The third-order valence-electron chi connectivity index (χ3n) is 1.64. The van der Waals surface area contributed by atoms with Gasteiger partial charge >= 0.3 is 5.97 Å². The second-order valence-corrected chi connectivity index (χ2v) is 3.86. The number of carbonyl (C=O) groups is 2. The van der Waals surface area contributed by atoms with Crippen molar-refractivity contribution in [2.75, 3.05) is 18.9 Å². The van der Waals surface area contributed by atoms with Crippen molar-refractivity contribution in [2.45, 2.75) is 18.6 Å². The Morgan fingerprint density at radius 1 is 1.77 bits per heavy atom. The van der Waals surface area contributed by atoms with E-state index in [9.17, 15) is 9.59 Å². The predicted molar refractivity (Wildman–Crippen MR) is 50.5 cm³/mol. The van der Waals surface area contributed by atoms with Crippen LogP contribution in [0.2, 0.25) is 0 Å². The third-order valence-corrected chi connectivity index (χ3v) is 2.91. The van der Waals surface area contributed by atoms with Crippen LogP contribution in [0.1, 0.15) is 13.3 Å². The summed E-state index contributed by atoms with van der Waals surface area (Å²) in [6, 6.07) is 0. The Morgan fingerprint density at radius 2 is 2.54 bits per heavy atom. The molecule has 0 radical (unpaired) electrons. The molecule has 1 atom stereocenters. The van der Waals surface area contributed by atoms with Crippen LogP contribution >= 0.6 is 11.8 Å². The summed E-state index contributed by atoms with van der Waals surface area (Å²) in [7, 11) is 0. The molecule has 1 rings (SSSR count). The average molecular weight is 203 g/mol. The van der Waals surface area contributed by atoms with E-state index in [1.165, 1.54) is 11.8 Å². The molecule has 13 heavy (non-hydrogen) atoms. The Bertz CT molecular complexity index is 208. The largest absolute Gasteiger partial charge is 0.465 e. The van der Waals surface area contributed by atoms with Crippen molar-refractivity contribution >= 4 is 23.6 Å². The second kappa shape index (κ2) is 5.11. The van der Waals surface area contributed by atoms with Gasteiger partial charge < -0.3 is 10.1 Å². The Hall–Kier alpha value is -0.710. The van der Waals surface area contributed by atoms with Crippen LogP contribution in [0.15, 0.2) is 0 Å². The zero-order valence-electron chi connectivity index (χ0n) is 7.54. The molecule has 4 nitrogen and oxygen atoms in total. The molecule has 0 aromatic rings. The van der Waals surface area contributed by atoms with Gasteiger partial charge in [-0.05, 0) is 19.1 Å². The molecule has 1 aliphatic heterocycles. The highest BCUT2D eigenvalue weighted by atomic mass is 32.2. The van der Waals surface area contributed by atoms with Gasteiger partial charge in [0, 0.05) is 6.54 Å². The molecular formula is C8H13NO3S. The second-order valence-electron chi connectivity index (χ2n) is 2.65. The number of hydrogen-bond donors (Lipinski definition) is 1. The molecule has 0 spiro atoms. The predicted octanol–water partition coefficient (Wildman–Crippen LogP) is 0.171.